The molecule has 0 heterocycles. The van der Waals surface area contributed by atoms with Crippen molar-refractivity contribution in [2.75, 3.05) is 17.2 Å². The Morgan fingerprint density at radius 1 is 1.35 bits per heavy atom. The first-order valence-electron chi connectivity index (χ1n) is 6.66. The van der Waals surface area contributed by atoms with Crippen molar-refractivity contribution < 1.29 is 17.9 Å². The number of alkyl halides is 3. The monoisotopic (exact) mass is 288 g/mol. The van der Waals surface area contributed by atoms with Crippen LogP contribution in [0.4, 0.5) is 24.5 Å². The summed E-state index contributed by atoms with van der Waals surface area (Å²) in [5, 5.41) is 0. The van der Waals surface area contributed by atoms with Crippen molar-refractivity contribution in [3.05, 3.63) is 18.2 Å². The van der Waals surface area contributed by atoms with Crippen LogP contribution in [0.2, 0.25) is 0 Å². The zero-order chi connectivity index (χ0) is 14.9. The van der Waals surface area contributed by atoms with Crippen LogP contribution >= 0.6 is 0 Å². The molecule has 2 N–H and O–H groups in total. The second kappa shape index (κ2) is 5.42. The molecule has 1 fully saturated rings. The molecule has 0 saturated heterocycles. The van der Waals surface area contributed by atoms with E-state index in [1.165, 1.54) is 4.90 Å². The van der Waals surface area contributed by atoms with Crippen molar-refractivity contribution in [1.29, 1.82) is 0 Å². The molecule has 1 saturated carbocycles. The van der Waals surface area contributed by atoms with E-state index in [0.717, 1.165) is 12.8 Å². The summed E-state index contributed by atoms with van der Waals surface area (Å²) < 4.78 is 43.7. The van der Waals surface area contributed by atoms with Gasteiger partial charge in [-0.3, -0.25) is 0 Å². The largest absolute Gasteiger partial charge is 0.489 e. The third kappa shape index (κ3) is 3.71. The minimum absolute atomic E-state index is 0.0757. The number of halogens is 3. The summed E-state index contributed by atoms with van der Waals surface area (Å²) in [6.45, 7) is 2.72. The molecular formula is C14H19F3N2O. The second-order valence-corrected chi connectivity index (χ2v) is 5.33. The molecule has 3 nitrogen and oxygen atoms in total. The van der Waals surface area contributed by atoms with Crippen LogP contribution < -0.4 is 15.4 Å². The molecule has 20 heavy (non-hydrogen) atoms. The lowest BCUT2D eigenvalue weighted by Crippen LogP contribution is -2.36. The maximum atomic E-state index is 12.7. The fourth-order valence-corrected chi connectivity index (χ4v) is 2.13. The van der Waals surface area contributed by atoms with E-state index in [9.17, 15) is 13.2 Å². The van der Waals surface area contributed by atoms with Gasteiger partial charge in [-0.25, -0.2) is 0 Å². The molecule has 0 aromatic heterocycles. The molecule has 0 spiro atoms. The maximum Gasteiger partial charge on any atom is 0.405 e. The van der Waals surface area contributed by atoms with Gasteiger partial charge in [0.05, 0.1) is 17.5 Å². The number of anilines is 2. The van der Waals surface area contributed by atoms with Crippen LogP contribution in [0, 0.1) is 0 Å². The van der Waals surface area contributed by atoms with E-state index >= 15 is 0 Å². The van der Waals surface area contributed by atoms with Gasteiger partial charge in [0.1, 0.15) is 12.3 Å². The van der Waals surface area contributed by atoms with Gasteiger partial charge < -0.3 is 15.4 Å². The quantitative estimate of drug-likeness (QED) is 0.842. The zero-order valence-electron chi connectivity index (χ0n) is 11.6. The molecule has 0 aliphatic heterocycles. The SMILES string of the molecule is CC(C)Oc1cccc(N(CC(F)(F)F)C2CC2)c1N. The Morgan fingerprint density at radius 3 is 2.50 bits per heavy atom. The zero-order valence-corrected chi connectivity index (χ0v) is 11.6. The number of para-hydroxylation sites is 1. The van der Waals surface area contributed by atoms with Crippen molar-refractivity contribution >= 4 is 11.4 Å². The maximum absolute atomic E-state index is 12.7. The van der Waals surface area contributed by atoms with E-state index in [1.807, 2.05) is 13.8 Å². The normalized spacial score (nSPS) is 15.5. The van der Waals surface area contributed by atoms with Gasteiger partial charge in [-0.1, -0.05) is 6.07 Å². The van der Waals surface area contributed by atoms with Crippen molar-refractivity contribution in [2.45, 2.75) is 45.0 Å². The summed E-state index contributed by atoms with van der Waals surface area (Å²) in [6, 6.07) is 4.90. The highest BCUT2D eigenvalue weighted by Crippen LogP contribution is 2.40. The molecule has 0 amide bonds. The first kappa shape index (κ1) is 14.8. The minimum Gasteiger partial charge on any atom is -0.489 e. The molecule has 0 radical (unpaired) electrons. The van der Waals surface area contributed by atoms with Gasteiger partial charge in [0.2, 0.25) is 0 Å². The van der Waals surface area contributed by atoms with Gasteiger partial charge >= 0.3 is 6.18 Å². The van der Waals surface area contributed by atoms with Crippen LogP contribution in [-0.2, 0) is 0 Å². The van der Waals surface area contributed by atoms with Gasteiger partial charge in [0.25, 0.3) is 0 Å². The van der Waals surface area contributed by atoms with E-state index in [-0.39, 0.29) is 17.8 Å². The molecule has 112 valence electrons. The highest BCUT2D eigenvalue weighted by molar-refractivity contribution is 5.74. The summed E-state index contributed by atoms with van der Waals surface area (Å²) >= 11 is 0. The van der Waals surface area contributed by atoms with Gasteiger partial charge in [0.15, 0.2) is 0 Å². The predicted molar refractivity (Wildman–Crippen MR) is 73.0 cm³/mol. The molecule has 6 heteroatoms. The first-order chi connectivity index (χ1) is 9.28. The number of nitrogen functional groups attached to an aromatic ring is 1. The summed E-state index contributed by atoms with van der Waals surface area (Å²) in [7, 11) is 0. The van der Waals surface area contributed by atoms with Gasteiger partial charge in [-0.15, -0.1) is 0 Å². The Bertz CT molecular complexity index is 470. The standard InChI is InChI=1S/C14H19F3N2O/c1-9(2)20-12-5-3-4-11(13(12)18)19(10-6-7-10)8-14(15,16)17/h3-5,9-10H,6-8,18H2,1-2H3. The van der Waals surface area contributed by atoms with Crippen LogP contribution in [0.1, 0.15) is 26.7 Å². The van der Waals surface area contributed by atoms with Crippen LogP contribution in [0.3, 0.4) is 0 Å². The third-order valence-electron chi connectivity index (χ3n) is 3.05. The van der Waals surface area contributed by atoms with E-state index in [0.29, 0.717) is 11.4 Å². The predicted octanol–water partition coefficient (Wildman–Crippen LogP) is 3.59. The van der Waals surface area contributed by atoms with Crippen LogP contribution in [0.5, 0.6) is 5.75 Å². The Labute approximate surface area is 116 Å². The third-order valence-corrected chi connectivity index (χ3v) is 3.05. The topological polar surface area (TPSA) is 38.5 Å². The average molecular weight is 288 g/mol. The molecule has 0 unspecified atom stereocenters. The van der Waals surface area contributed by atoms with Crippen molar-refractivity contribution in [1.82, 2.24) is 0 Å². The molecule has 1 aliphatic rings. The number of benzene rings is 1. The second-order valence-electron chi connectivity index (χ2n) is 5.33. The van der Waals surface area contributed by atoms with Gasteiger partial charge in [0, 0.05) is 6.04 Å². The van der Waals surface area contributed by atoms with E-state index in [1.54, 1.807) is 18.2 Å². The fourth-order valence-electron chi connectivity index (χ4n) is 2.13. The van der Waals surface area contributed by atoms with Crippen LogP contribution in [0.25, 0.3) is 0 Å². The molecule has 2 rings (SSSR count). The number of hydrogen-bond donors (Lipinski definition) is 1. The lowest BCUT2D eigenvalue weighted by molar-refractivity contribution is -0.119. The van der Waals surface area contributed by atoms with E-state index in [2.05, 4.69) is 0 Å². The summed E-state index contributed by atoms with van der Waals surface area (Å²) in [5.74, 6) is 0.435. The minimum atomic E-state index is -4.25. The van der Waals surface area contributed by atoms with Crippen LogP contribution in [-0.4, -0.2) is 24.9 Å². The Hall–Kier alpha value is -1.59. The molecule has 0 bridgehead atoms. The number of hydrogen-bond acceptors (Lipinski definition) is 3. The molecule has 0 atom stereocenters. The van der Waals surface area contributed by atoms with E-state index < -0.39 is 12.7 Å². The highest BCUT2D eigenvalue weighted by atomic mass is 19.4. The van der Waals surface area contributed by atoms with Crippen molar-refractivity contribution in [2.24, 2.45) is 0 Å². The smallest absolute Gasteiger partial charge is 0.405 e. The molecule has 1 aliphatic carbocycles. The Balaban J connectivity index is 2.29. The summed E-state index contributed by atoms with van der Waals surface area (Å²) in [6.07, 6.45) is -2.79. The first-order valence-corrected chi connectivity index (χ1v) is 6.66. The van der Waals surface area contributed by atoms with E-state index in [4.69, 9.17) is 10.5 Å². The molecule has 1 aromatic rings. The number of ether oxygens (including phenoxy) is 1. The van der Waals surface area contributed by atoms with Crippen molar-refractivity contribution in [3.8, 4) is 5.75 Å². The lowest BCUT2D eigenvalue weighted by Gasteiger charge is -2.28. The number of nitrogens with two attached hydrogens (primary N) is 1. The lowest BCUT2D eigenvalue weighted by atomic mass is 10.2. The summed E-state index contributed by atoms with van der Waals surface area (Å²) in [4.78, 5) is 1.34. The Kier molecular flexibility index (Phi) is 4.01. The Morgan fingerprint density at radius 2 is 2.00 bits per heavy atom. The van der Waals surface area contributed by atoms with Crippen LogP contribution in [0.15, 0.2) is 18.2 Å². The number of nitrogens with zero attached hydrogens (tertiary/aromatic N) is 1. The highest BCUT2D eigenvalue weighted by Gasteiger charge is 2.39. The van der Waals surface area contributed by atoms with Crippen molar-refractivity contribution in [3.63, 3.8) is 0 Å². The fraction of sp³-hybridized carbons (Fsp3) is 0.571. The van der Waals surface area contributed by atoms with Gasteiger partial charge in [-0.05, 0) is 38.8 Å². The molecular weight excluding hydrogens is 269 g/mol. The number of rotatable bonds is 5. The average Bonchev–Trinajstić information content (AvgIpc) is 3.11. The molecule has 1 aromatic carbocycles. The van der Waals surface area contributed by atoms with Gasteiger partial charge in [-0.2, -0.15) is 13.2 Å². The summed E-state index contributed by atoms with van der Waals surface area (Å²) in [5.41, 5.74) is 6.66.